The van der Waals surface area contributed by atoms with E-state index in [0.717, 1.165) is 16.2 Å². The van der Waals surface area contributed by atoms with Crippen molar-refractivity contribution in [3.63, 3.8) is 0 Å². The second kappa shape index (κ2) is 6.75. The average molecular weight is 274 g/mol. The Balaban J connectivity index is 1.96. The van der Waals surface area contributed by atoms with Crippen molar-refractivity contribution < 1.29 is 14.6 Å². The monoisotopic (exact) mass is 274 g/mol. The number of hydrogen-bond acceptors (Lipinski definition) is 3. The molecule has 0 aliphatic carbocycles. The number of carboxylic acids is 1. The Morgan fingerprint density at radius 2 is 2.00 bits per heavy atom. The molecule has 98 valence electrons. The van der Waals surface area contributed by atoms with Crippen LogP contribution in [0.5, 0.6) is 5.75 Å². The van der Waals surface area contributed by atoms with Crippen molar-refractivity contribution in [1.29, 1.82) is 0 Å². The van der Waals surface area contributed by atoms with Gasteiger partial charge in [0.2, 0.25) is 0 Å². The third-order valence-electron chi connectivity index (χ3n) is 2.52. The lowest BCUT2D eigenvalue weighted by Gasteiger charge is -2.07. The highest BCUT2D eigenvalue weighted by Crippen LogP contribution is 2.23. The molecule has 0 atom stereocenters. The summed E-state index contributed by atoms with van der Waals surface area (Å²) in [6.45, 7) is 0.459. The molecule has 1 aromatic heterocycles. The predicted molar refractivity (Wildman–Crippen MR) is 76.5 cm³/mol. The molecular formula is C15H14O3S. The number of rotatable bonds is 6. The van der Waals surface area contributed by atoms with E-state index in [9.17, 15) is 4.79 Å². The topological polar surface area (TPSA) is 46.5 Å². The van der Waals surface area contributed by atoms with Crippen LogP contribution in [0.25, 0.3) is 5.57 Å². The normalized spacial score (nSPS) is 11.3. The van der Waals surface area contributed by atoms with Crippen molar-refractivity contribution in [3.05, 3.63) is 58.8 Å². The van der Waals surface area contributed by atoms with Crippen LogP contribution in [0, 0.1) is 0 Å². The minimum atomic E-state index is -0.928. The first kappa shape index (κ1) is 13.4. The summed E-state index contributed by atoms with van der Waals surface area (Å²) in [5.41, 5.74) is 0.790. The maximum Gasteiger partial charge on any atom is 0.328 e. The fraction of sp³-hybridized carbons (Fsp3) is 0.133. The zero-order chi connectivity index (χ0) is 13.5. The molecule has 0 saturated carbocycles. The molecule has 2 aromatic rings. The maximum atomic E-state index is 10.8. The Hall–Kier alpha value is -2.07. The molecule has 1 N–H and O–H groups in total. The van der Waals surface area contributed by atoms with E-state index in [1.165, 1.54) is 17.4 Å². The maximum absolute atomic E-state index is 10.8. The van der Waals surface area contributed by atoms with E-state index in [-0.39, 0.29) is 0 Å². The molecule has 1 heterocycles. The Labute approximate surface area is 115 Å². The summed E-state index contributed by atoms with van der Waals surface area (Å²) < 4.78 is 5.59. The van der Waals surface area contributed by atoms with Gasteiger partial charge >= 0.3 is 5.97 Å². The second-order valence-electron chi connectivity index (χ2n) is 3.90. The molecule has 1 aromatic carbocycles. The fourth-order valence-corrected chi connectivity index (χ4v) is 2.45. The number of para-hydroxylation sites is 1. The van der Waals surface area contributed by atoms with Crippen LogP contribution in [0.4, 0.5) is 0 Å². The van der Waals surface area contributed by atoms with Gasteiger partial charge in [-0.2, -0.15) is 0 Å². The average Bonchev–Trinajstić information content (AvgIpc) is 2.92. The number of ether oxygens (including phenoxy) is 1. The minimum absolute atomic E-state index is 0.459. The quantitative estimate of drug-likeness (QED) is 0.817. The van der Waals surface area contributed by atoms with E-state index in [2.05, 4.69) is 0 Å². The van der Waals surface area contributed by atoms with E-state index in [1.54, 1.807) is 0 Å². The summed E-state index contributed by atoms with van der Waals surface area (Å²) in [5.74, 6) is -0.133. The number of benzene rings is 1. The Morgan fingerprint density at radius 3 is 2.63 bits per heavy atom. The Bertz CT molecular complexity index is 544. The lowest BCUT2D eigenvalue weighted by Crippen LogP contribution is -2.00. The number of aliphatic carboxylic acids is 1. The van der Waals surface area contributed by atoms with Crippen LogP contribution in [0.1, 0.15) is 11.3 Å². The van der Waals surface area contributed by atoms with Crippen LogP contribution in [-0.2, 0) is 4.79 Å². The van der Waals surface area contributed by atoms with Crippen LogP contribution in [0.3, 0.4) is 0 Å². The van der Waals surface area contributed by atoms with Gasteiger partial charge in [0.1, 0.15) is 5.75 Å². The van der Waals surface area contributed by atoms with Gasteiger partial charge in [-0.05, 0) is 29.2 Å². The summed E-state index contributed by atoms with van der Waals surface area (Å²) in [7, 11) is 0. The molecule has 0 amide bonds. The van der Waals surface area contributed by atoms with Gasteiger partial charge in [0, 0.05) is 17.4 Å². The highest BCUT2D eigenvalue weighted by Gasteiger charge is 2.06. The molecule has 0 fully saturated rings. The predicted octanol–water partition coefficient (Wildman–Crippen LogP) is 3.69. The van der Waals surface area contributed by atoms with Crippen molar-refractivity contribution in [2.24, 2.45) is 0 Å². The summed E-state index contributed by atoms with van der Waals surface area (Å²) >= 11 is 1.53. The fourth-order valence-electron chi connectivity index (χ4n) is 1.67. The van der Waals surface area contributed by atoms with E-state index >= 15 is 0 Å². The van der Waals surface area contributed by atoms with Crippen LogP contribution in [0.2, 0.25) is 0 Å². The molecule has 2 rings (SSSR count). The van der Waals surface area contributed by atoms with Gasteiger partial charge in [-0.1, -0.05) is 24.3 Å². The summed E-state index contributed by atoms with van der Waals surface area (Å²) in [6, 6.07) is 13.3. The van der Waals surface area contributed by atoms with Gasteiger partial charge in [0.15, 0.2) is 0 Å². The highest BCUT2D eigenvalue weighted by atomic mass is 32.1. The first-order chi connectivity index (χ1) is 9.25. The van der Waals surface area contributed by atoms with E-state index in [1.807, 2.05) is 47.8 Å². The van der Waals surface area contributed by atoms with E-state index in [0.29, 0.717) is 13.0 Å². The lowest BCUT2D eigenvalue weighted by molar-refractivity contribution is -0.131. The van der Waals surface area contributed by atoms with Crippen molar-refractivity contribution in [3.8, 4) is 5.75 Å². The zero-order valence-corrected chi connectivity index (χ0v) is 11.1. The standard InChI is InChI=1S/C15H14O3S/c16-15(17)11-12(14-7-4-10-19-14)8-9-18-13-5-2-1-3-6-13/h1-7,10-11H,8-9H2,(H,16,17)/b12-11+. The summed E-state index contributed by atoms with van der Waals surface area (Å²) in [4.78, 5) is 11.8. The molecule has 3 nitrogen and oxygen atoms in total. The van der Waals surface area contributed by atoms with Crippen LogP contribution >= 0.6 is 11.3 Å². The van der Waals surface area contributed by atoms with E-state index in [4.69, 9.17) is 9.84 Å². The Morgan fingerprint density at radius 1 is 1.21 bits per heavy atom. The van der Waals surface area contributed by atoms with Gasteiger partial charge in [0.25, 0.3) is 0 Å². The molecule has 0 unspecified atom stereocenters. The van der Waals surface area contributed by atoms with Gasteiger partial charge in [-0.25, -0.2) is 4.79 Å². The molecule has 0 bridgehead atoms. The van der Waals surface area contributed by atoms with Crippen molar-refractivity contribution in [2.45, 2.75) is 6.42 Å². The Kier molecular flexibility index (Phi) is 4.75. The van der Waals surface area contributed by atoms with Gasteiger partial charge in [-0.3, -0.25) is 0 Å². The first-order valence-corrected chi connectivity index (χ1v) is 6.79. The molecule has 0 aliphatic rings. The molecule has 4 heteroatoms. The number of carboxylic acid groups (broad SMARTS) is 1. The van der Waals surface area contributed by atoms with Crippen molar-refractivity contribution in [2.75, 3.05) is 6.61 Å². The molecule has 0 saturated heterocycles. The van der Waals surface area contributed by atoms with Crippen LogP contribution < -0.4 is 4.74 Å². The van der Waals surface area contributed by atoms with Gasteiger partial charge < -0.3 is 9.84 Å². The number of carbonyl (C=O) groups is 1. The SMILES string of the molecule is O=C(O)/C=C(\CCOc1ccccc1)c1cccs1. The minimum Gasteiger partial charge on any atom is -0.493 e. The molecule has 19 heavy (non-hydrogen) atoms. The summed E-state index contributed by atoms with van der Waals surface area (Å²) in [6.07, 6.45) is 1.82. The third kappa shape index (κ3) is 4.26. The lowest BCUT2D eigenvalue weighted by atomic mass is 10.1. The second-order valence-corrected chi connectivity index (χ2v) is 4.84. The largest absolute Gasteiger partial charge is 0.493 e. The smallest absolute Gasteiger partial charge is 0.328 e. The van der Waals surface area contributed by atoms with Gasteiger partial charge in [-0.15, -0.1) is 11.3 Å². The molecule has 0 radical (unpaired) electrons. The first-order valence-electron chi connectivity index (χ1n) is 5.91. The van der Waals surface area contributed by atoms with Crippen LogP contribution in [-0.4, -0.2) is 17.7 Å². The van der Waals surface area contributed by atoms with Crippen molar-refractivity contribution >= 4 is 22.9 Å². The zero-order valence-electron chi connectivity index (χ0n) is 10.3. The third-order valence-corrected chi connectivity index (χ3v) is 3.46. The van der Waals surface area contributed by atoms with Crippen LogP contribution in [0.15, 0.2) is 53.9 Å². The molecular weight excluding hydrogens is 260 g/mol. The summed E-state index contributed by atoms with van der Waals surface area (Å²) in [5, 5.41) is 10.8. The van der Waals surface area contributed by atoms with Gasteiger partial charge in [0.05, 0.1) is 6.61 Å². The number of hydrogen-bond donors (Lipinski definition) is 1. The molecule has 0 spiro atoms. The highest BCUT2D eigenvalue weighted by molar-refractivity contribution is 7.11. The molecule has 0 aliphatic heterocycles. The number of thiophene rings is 1. The van der Waals surface area contributed by atoms with Crippen molar-refractivity contribution in [1.82, 2.24) is 0 Å². The van der Waals surface area contributed by atoms with E-state index < -0.39 is 5.97 Å².